The Morgan fingerprint density at radius 1 is 1.19 bits per heavy atom. The van der Waals surface area contributed by atoms with Crippen molar-refractivity contribution in [1.29, 1.82) is 0 Å². The molecule has 0 saturated carbocycles. The summed E-state index contributed by atoms with van der Waals surface area (Å²) in [6.07, 6.45) is 1.86. The molecule has 2 aromatic heterocycles. The Bertz CT molecular complexity index is 841. The van der Waals surface area contributed by atoms with E-state index in [2.05, 4.69) is 10.4 Å². The zero-order valence-electron chi connectivity index (χ0n) is 12.6. The highest BCUT2D eigenvalue weighted by Crippen LogP contribution is 2.23. The molecule has 2 heterocycles. The van der Waals surface area contributed by atoms with E-state index in [0.717, 1.165) is 28.0 Å². The van der Waals surface area contributed by atoms with E-state index in [-0.39, 0.29) is 5.91 Å². The zero-order chi connectivity index (χ0) is 15.1. The summed E-state index contributed by atoms with van der Waals surface area (Å²) in [6.45, 7) is 3.84. The maximum absolute atomic E-state index is 12.6. The van der Waals surface area contributed by atoms with Gasteiger partial charge in [0, 0.05) is 31.2 Å². The zero-order valence-corrected chi connectivity index (χ0v) is 12.6. The van der Waals surface area contributed by atoms with E-state index in [0.29, 0.717) is 5.56 Å². The molecule has 0 bridgehead atoms. The van der Waals surface area contributed by atoms with E-state index < -0.39 is 0 Å². The topological polar surface area (TPSA) is 51.9 Å². The molecule has 1 N–H and O–H groups in total. The first-order valence-electron chi connectivity index (χ1n) is 6.84. The van der Waals surface area contributed by atoms with Crippen LogP contribution in [0.5, 0.6) is 0 Å². The molecular formula is C16H18N4O. The number of hydrogen-bond acceptors (Lipinski definition) is 2. The van der Waals surface area contributed by atoms with Crippen LogP contribution in [0, 0.1) is 13.8 Å². The molecule has 0 spiro atoms. The molecule has 0 atom stereocenters. The van der Waals surface area contributed by atoms with E-state index in [9.17, 15) is 4.79 Å². The number of nitrogens with one attached hydrogen (secondary N) is 1. The number of carbonyl (C=O) groups is 1. The van der Waals surface area contributed by atoms with Crippen molar-refractivity contribution in [2.75, 3.05) is 5.32 Å². The number of rotatable bonds is 2. The predicted molar refractivity (Wildman–Crippen MR) is 83.6 cm³/mol. The molecule has 1 amide bonds. The van der Waals surface area contributed by atoms with Gasteiger partial charge in [-0.2, -0.15) is 5.10 Å². The summed E-state index contributed by atoms with van der Waals surface area (Å²) in [5.74, 6) is -0.106. The molecule has 1 aromatic carbocycles. The third-order valence-electron chi connectivity index (χ3n) is 3.89. The maximum atomic E-state index is 12.6. The van der Waals surface area contributed by atoms with Gasteiger partial charge in [-0.05, 0) is 19.9 Å². The number of carbonyl (C=O) groups excluding carboxylic acids is 1. The summed E-state index contributed by atoms with van der Waals surface area (Å²) in [7, 11) is 3.82. The van der Waals surface area contributed by atoms with Gasteiger partial charge in [0.25, 0.3) is 5.91 Å². The number of hydrogen-bond donors (Lipinski definition) is 1. The summed E-state index contributed by atoms with van der Waals surface area (Å²) in [5.41, 5.74) is 4.28. The number of aromatic nitrogens is 3. The van der Waals surface area contributed by atoms with E-state index in [1.807, 2.05) is 63.0 Å². The van der Waals surface area contributed by atoms with Crippen molar-refractivity contribution >= 4 is 22.5 Å². The summed E-state index contributed by atoms with van der Waals surface area (Å²) >= 11 is 0. The van der Waals surface area contributed by atoms with Crippen molar-refractivity contribution < 1.29 is 4.79 Å². The highest BCUT2D eigenvalue weighted by atomic mass is 16.1. The molecule has 5 heteroatoms. The van der Waals surface area contributed by atoms with Gasteiger partial charge in [-0.15, -0.1) is 0 Å². The molecule has 3 aromatic rings. The molecule has 0 unspecified atom stereocenters. The number of benzene rings is 1. The molecule has 0 saturated heterocycles. The molecule has 0 radical (unpaired) electrons. The number of amides is 1. The Morgan fingerprint density at radius 2 is 1.90 bits per heavy atom. The van der Waals surface area contributed by atoms with Crippen LogP contribution in [0.1, 0.15) is 21.7 Å². The Hall–Kier alpha value is -2.56. The van der Waals surface area contributed by atoms with Gasteiger partial charge in [0.15, 0.2) is 0 Å². The second kappa shape index (κ2) is 4.77. The smallest absolute Gasteiger partial charge is 0.257 e. The summed E-state index contributed by atoms with van der Waals surface area (Å²) < 4.78 is 3.74. The van der Waals surface area contributed by atoms with Gasteiger partial charge in [-0.3, -0.25) is 9.48 Å². The minimum Gasteiger partial charge on any atom is -0.350 e. The lowest BCUT2D eigenvalue weighted by Crippen LogP contribution is -2.12. The van der Waals surface area contributed by atoms with E-state index in [4.69, 9.17) is 0 Å². The lowest BCUT2D eigenvalue weighted by molar-refractivity contribution is 0.102. The Morgan fingerprint density at radius 3 is 2.57 bits per heavy atom. The van der Waals surface area contributed by atoms with Crippen LogP contribution in [0.3, 0.4) is 0 Å². The van der Waals surface area contributed by atoms with Crippen LogP contribution in [0.4, 0.5) is 5.69 Å². The average molecular weight is 282 g/mol. The van der Waals surface area contributed by atoms with Crippen molar-refractivity contribution in [2.24, 2.45) is 14.1 Å². The lowest BCUT2D eigenvalue weighted by atomic mass is 10.1. The van der Waals surface area contributed by atoms with Crippen LogP contribution in [0.15, 0.2) is 30.5 Å². The fourth-order valence-corrected chi connectivity index (χ4v) is 2.66. The standard InChI is InChI=1S/C16H18N4O/c1-10-15(11(2)20(4)18-10)17-16(21)13-9-19(3)14-8-6-5-7-12(13)14/h5-9H,1-4H3,(H,17,21). The first kappa shape index (κ1) is 13.4. The van der Waals surface area contributed by atoms with Crippen LogP contribution < -0.4 is 5.32 Å². The molecular weight excluding hydrogens is 264 g/mol. The van der Waals surface area contributed by atoms with Crippen molar-refractivity contribution in [3.63, 3.8) is 0 Å². The van der Waals surface area contributed by atoms with Crippen molar-refractivity contribution in [2.45, 2.75) is 13.8 Å². The molecule has 0 aliphatic carbocycles. The number of nitrogens with zero attached hydrogens (tertiary/aromatic N) is 3. The maximum Gasteiger partial charge on any atom is 0.257 e. The lowest BCUT2D eigenvalue weighted by Gasteiger charge is -2.04. The fraction of sp³-hybridized carbons (Fsp3) is 0.250. The van der Waals surface area contributed by atoms with Gasteiger partial charge in [0.05, 0.1) is 22.6 Å². The highest BCUT2D eigenvalue weighted by Gasteiger charge is 2.17. The minimum absolute atomic E-state index is 0.106. The third-order valence-corrected chi connectivity index (χ3v) is 3.89. The van der Waals surface area contributed by atoms with Gasteiger partial charge >= 0.3 is 0 Å². The van der Waals surface area contributed by atoms with Crippen molar-refractivity contribution in [3.05, 3.63) is 47.4 Å². The molecule has 108 valence electrons. The van der Waals surface area contributed by atoms with Crippen molar-refractivity contribution in [1.82, 2.24) is 14.3 Å². The fourth-order valence-electron chi connectivity index (χ4n) is 2.66. The highest BCUT2D eigenvalue weighted by molar-refractivity contribution is 6.13. The Balaban J connectivity index is 2.02. The number of anilines is 1. The largest absolute Gasteiger partial charge is 0.350 e. The van der Waals surface area contributed by atoms with Crippen LogP contribution >= 0.6 is 0 Å². The average Bonchev–Trinajstić information content (AvgIpc) is 2.92. The van der Waals surface area contributed by atoms with Gasteiger partial charge in [0.1, 0.15) is 0 Å². The second-order valence-electron chi connectivity index (χ2n) is 5.29. The first-order valence-corrected chi connectivity index (χ1v) is 6.84. The quantitative estimate of drug-likeness (QED) is 0.785. The monoisotopic (exact) mass is 282 g/mol. The van der Waals surface area contributed by atoms with Gasteiger partial charge in [0.2, 0.25) is 0 Å². The van der Waals surface area contributed by atoms with E-state index in [1.165, 1.54) is 0 Å². The number of para-hydroxylation sites is 1. The van der Waals surface area contributed by atoms with Gasteiger partial charge in [-0.25, -0.2) is 0 Å². The van der Waals surface area contributed by atoms with E-state index in [1.54, 1.807) is 4.68 Å². The normalized spacial score (nSPS) is 11.0. The molecule has 3 rings (SSSR count). The summed E-state index contributed by atoms with van der Waals surface area (Å²) in [6, 6.07) is 7.89. The second-order valence-corrected chi connectivity index (χ2v) is 5.29. The molecule has 0 aliphatic rings. The third kappa shape index (κ3) is 2.11. The summed E-state index contributed by atoms with van der Waals surface area (Å²) in [4.78, 5) is 12.6. The van der Waals surface area contributed by atoms with Crippen LogP contribution in [0.2, 0.25) is 0 Å². The summed E-state index contributed by atoms with van der Waals surface area (Å²) in [5, 5.41) is 8.26. The van der Waals surface area contributed by atoms with Gasteiger partial charge in [-0.1, -0.05) is 18.2 Å². The van der Waals surface area contributed by atoms with Crippen LogP contribution in [0.25, 0.3) is 10.9 Å². The Kier molecular flexibility index (Phi) is 3.05. The Labute approximate surface area is 123 Å². The van der Waals surface area contributed by atoms with Crippen molar-refractivity contribution in [3.8, 4) is 0 Å². The molecule has 21 heavy (non-hydrogen) atoms. The first-order chi connectivity index (χ1) is 9.99. The number of fused-ring (bicyclic) bond motifs is 1. The predicted octanol–water partition coefficient (Wildman–Crippen LogP) is 2.78. The molecule has 5 nitrogen and oxygen atoms in total. The van der Waals surface area contributed by atoms with Gasteiger partial charge < -0.3 is 9.88 Å². The van der Waals surface area contributed by atoms with E-state index >= 15 is 0 Å². The van der Waals surface area contributed by atoms with Crippen LogP contribution in [-0.4, -0.2) is 20.3 Å². The SMILES string of the molecule is Cc1nn(C)c(C)c1NC(=O)c1cn(C)c2ccccc12. The molecule has 0 fully saturated rings. The number of aryl methyl sites for hydroxylation is 3. The minimum atomic E-state index is -0.106. The van der Waals surface area contributed by atoms with Crippen LogP contribution in [-0.2, 0) is 14.1 Å². The molecule has 0 aliphatic heterocycles.